The van der Waals surface area contributed by atoms with Crippen molar-refractivity contribution >= 4 is 22.6 Å². The average molecular weight is 274 g/mol. The van der Waals surface area contributed by atoms with Gasteiger partial charge in [-0.1, -0.05) is 30.3 Å². The number of amides is 1. The van der Waals surface area contributed by atoms with Crippen LogP contribution in [0.1, 0.15) is 6.92 Å². The monoisotopic (exact) mass is 274 g/mol. The zero-order valence-corrected chi connectivity index (χ0v) is 11.4. The molecule has 0 bridgehead atoms. The first-order valence-corrected chi connectivity index (χ1v) is 6.97. The number of likely N-dealkylation sites (N-methyl/N-ethyl adjacent to an activating group) is 1. The number of carbonyl (C=O) groups excluding carboxylic acids is 1. The van der Waals surface area contributed by atoms with E-state index in [0.29, 0.717) is 13.2 Å². The van der Waals surface area contributed by atoms with Gasteiger partial charge in [-0.15, -0.1) is 0 Å². The summed E-state index contributed by atoms with van der Waals surface area (Å²) in [6.07, 6.45) is 0. The van der Waals surface area contributed by atoms with Gasteiger partial charge in [0.2, 0.25) is 11.0 Å². The SMILES string of the molecule is CCN1CN(c2nc(-c3ccccc3)ns2)CC1=O. The van der Waals surface area contributed by atoms with E-state index in [9.17, 15) is 4.79 Å². The van der Waals surface area contributed by atoms with E-state index in [4.69, 9.17) is 0 Å². The van der Waals surface area contributed by atoms with Gasteiger partial charge in [-0.2, -0.15) is 9.36 Å². The summed E-state index contributed by atoms with van der Waals surface area (Å²) >= 11 is 1.34. The van der Waals surface area contributed by atoms with E-state index in [-0.39, 0.29) is 5.91 Å². The van der Waals surface area contributed by atoms with Crippen LogP contribution in [0.4, 0.5) is 5.13 Å². The van der Waals surface area contributed by atoms with E-state index in [1.807, 2.05) is 47.1 Å². The summed E-state index contributed by atoms with van der Waals surface area (Å²) < 4.78 is 4.37. The number of hydrogen-bond donors (Lipinski definition) is 0. The Bertz CT molecular complexity index is 583. The first-order chi connectivity index (χ1) is 9.28. The fourth-order valence-electron chi connectivity index (χ4n) is 2.05. The van der Waals surface area contributed by atoms with Crippen molar-refractivity contribution in [2.24, 2.45) is 0 Å². The molecule has 1 saturated heterocycles. The fraction of sp³-hybridized carbons (Fsp3) is 0.308. The number of benzene rings is 1. The maximum absolute atomic E-state index is 11.7. The Labute approximate surface area is 115 Å². The Kier molecular flexibility index (Phi) is 3.16. The minimum atomic E-state index is 0.152. The lowest BCUT2D eigenvalue weighted by molar-refractivity contribution is -0.126. The van der Waals surface area contributed by atoms with Gasteiger partial charge in [0, 0.05) is 23.6 Å². The van der Waals surface area contributed by atoms with Gasteiger partial charge in [0.25, 0.3) is 0 Å². The molecule has 1 aliphatic rings. The van der Waals surface area contributed by atoms with Crippen molar-refractivity contribution in [3.05, 3.63) is 30.3 Å². The van der Waals surface area contributed by atoms with Crippen LogP contribution >= 0.6 is 11.5 Å². The molecule has 19 heavy (non-hydrogen) atoms. The molecule has 98 valence electrons. The summed E-state index contributed by atoms with van der Waals surface area (Å²) in [6.45, 7) is 3.73. The number of aromatic nitrogens is 2. The van der Waals surface area contributed by atoms with Crippen LogP contribution in [0.5, 0.6) is 0 Å². The molecule has 1 fully saturated rings. The maximum atomic E-state index is 11.7. The number of carbonyl (C=O) groups is 1. The second-order valence-corrected chi connectivity index (χ2v) is 5.09. The van der Waals surface area contributed by atoms with E-state index in [1.54, 1.807) is 0 Å². The van der Waals surface area contributed by atoms with Gasteiger partial charge in [0.05, 0.1) is 6.67 Å². The predicted molar refractivity (Wildman–Crippen MR) is 74.9 cm³/mol. The van der Waals surface area contributed by atoms with Crippen molar-refractivity contribution in [1.82, 2.24) is 14.3 Å². The largest absolute Gasteiger partial charge is 0.324 e. The van der Waals surface area contributed by atoms with E-state index in [0.717, 1.165) is 23.1 Å². The molecular weight excluding hydrogens is 260 g/mol. The number of nitrogens with zero attached hydrogens (tertiary/aromatic N) is 4. The van der Waals surface area contributed by atoms with E-state index in [2.05, 4.69) is 9.36 Å². The molecule has 1 amide bonds. The number of anilines is 1. The zero-order valence-electron chi connectivity index (χ0n) is 10.6. The molecule has 1 aliphatic heterocycles. The molecule has 0 saturated carbocycles. The van der Waals surface area contributed by atoms with Crippen LogP contribution in [0.15, 0.2) is 30.3 Å². The van der Waals surface area contributed by atoms with Crippen LogP contribution in [0.2, 0.25) is 0 Å². The highest BCUT2D eigenvalue weighted by atomic mass is 32.1. The number of rotatable bonds is 3. The molecule has 0 unspecified atom stereocenters. The lowest BCUT2D eigenvalue weighted by Crippen LogP contribution is -2.26. The van der Waals surface area contributed by atoms with Crippen LogP contribution in [-0.4, -0.2) is 39.9 Å². The molecule has 0 N–H and O–H groups in total. The molecular formula is C13H14N4OS. The van der Waals surface area contributed by atoms with Crippen molar-refractivity contribution in [3.63, 3.8) is 0 Å². The number of hydrogen-bond acceptors (Lipinski definition) is 5. The normalized spacial score (nSPS) is 15.3. The Morgan fingerprint density at radius 1 is 1.32 bits per heavy atom. The van der Waals surface area contributed by atoms with Crippen LogP contribution in [0.3, 0.4) is 0 Å². The molecule has 2 aromatic rings. The summed E-state index contributed by atoms with van der Waals surface area (Å²) in [4.78, 5) is 20.0. The van der Waals surface area contributed by atoms with E-state index in [1.165, 1.54) is 11.5 Å². The van der Waals surface area contributed by atoms with Crippen LogP contribution in [0, 0.1) is 0 Å². The Hall–Kier alpha value is -1.95. The molecule has 1 aromatic carbocycles. The van der Waals surface area contributed by atoms with Gasteiger partial charge in [0.1, 0.15) is 6.54 Å². The summed E-state index contributed by atoms with van der Waals surface area (Å²) in [5.74, 6) is 0.877. The third kappa shape index (κ3) is 2.31. The molecule has 0 spiro atoms. The summed E-state index contributed by atoms with van der Waals surface area (Å²) in [5.41, 5.74) is 1.00. The van der Waals surface area contributed by atoms with Crippen molar-refractivity contribution in [2.75, 3.05) is 24.7 Å². The van der Waals surface area contributed by atoms with Crippen molar-refractivity contribution in [2.45, 2.75) is 6.92 Å². The second-order valence-electron chi connectivity index (χ2n) is 4.36. The smallest absolute Gasteiger partial charge is 0.243 e. The van der Waals surface area contributed by atoms with Gasteiger partial charge in [-0.05, 0) is 6.92 Å². The standard InChI is InChI=1S/C13H14N4OS/c1-2-16-9-17(8-11(16)18)13-14-12(15-19-13)10-6-4-3-5-7-10/h3-7H,2,8-9H2,1H3. The second kappa shape index (κ2) is 4.97. The molecule has 3 rings (SSSR count). The third-order valence-corrected chi connectivity index (χ3v) is 3.90. The molecule has 0 atom stereocenters. The van der Waals surface area contributed by atoms with Gasteiger partial charge in [-0.25, -0.2) is 0 Å². The lowest BCUT2D eigenvalue weighted by Gasteiger charge is -2.14. The minimum absolute atomic E-state index is 0.152. The molecule has 0 radical (unpaired) electrons. The molecule has 2 heterocycles. The molecule has 5 nitrogen and oxygen atoms in total. The highest BCUT2D eigenvalue weighted by molar-refractivity contribution is 7.09. The van der Waals surface area contributed by atoms with E-state index < -0.39 is 0 Å². The highest BCUT2D eigenvalue weighted by Crippen LogP contribution is 2.25. The minimum Gasteiger partial charge on any atom is -0.324 e. The Morgan fingerprint density at radius 2 is 2.11 bits per heavy atom. The molecule has 6 heteroatoms. The topological polar surface area (TPSA) is 49.3 Å². The molecule has 0 aliphatic carbocycles. The summed E-state index contributed by atoms with van der Waals surface area (Å²) in [5, 5.41) is 0.808. The van der Waals surface area contributed by atoms with Crippen molar-refractivity contribution in [1.29, 1.82) is 0 Å². The van der Waals surface area contributed by atoms with Crippen LogP contribution in [0.25, 0.3) is 11.4 Å². The predicted octanol–water partition coefficient (Wildman–Crippen LogP) is 1.83. The lowest BCUT2D eigenvalue weighted by atomic mass is 10.2. The van der Waals surface area contributed by atoms with Gasteiger partial charge in [-0.3, -0.25) is 4.79 Å². The van der Waals surface area contributed by atoms with Crippen molar-refractivity contribution < 1.29 is 4.79 Å². The fourth-order valence-corrected chi connectivity index (χ4v) is 2.73. The summed E-state index contributed by atoms with van der Waals surface area (Å²) in [6, 6.07) is 9.87. The first-order valence-electron chi connectivity index (χ1n) is 6.20. The zero-order chi connectivity index (χ0) is 13.2. The third-order valence-electron chi connectivity index (χ3n) is 3.12. The van der Waals surface area contributed by atoms with Gasteiger partial charge < -0.3 is 9.80 Å². The average Bonchev–Trinajstić information content (AvgIpc) is 3.06. The van der Waals surface area contributed by atoms with Crippen LogP contribution < -0.4 is 4.90 Å². The van der Waals surface area contributed by atoms with Gasteiger partial charge >= 0.3 is 0 Å². The highest BCUT2D eigenvalue weighted by Gasteiger charge is 2.28. The maximum Gasteiger partial charge on any atom is 0.243 e. The van der Waals surface area contributed by atoms with Crippen LogP contribution in [-0.2, 0) is 4.79 Å². The Morgan fingerprint density at radius 3 is 2.79 bits per heavy atom. The summed E-state index contributed by atoms with van der Waals surface area (Å²) in [7, 11) is 0. The van der Waals surface area contributed by atoms with E-state index >= 15 is 0 Å². The van der Waals surface area contributed by atoms with Crippen molar-refractivity contribution in [3.8, 4) is 11.4 Å². The molecule has 1 aromatic heterocycles. The quantitative estimate of drug-likeness (QED) is 0.857. The van der Waals surface area contributed by atoms with Gasteiger partial charge in [0.15, 0.2) is 5.82 Å². The Balaban J connectivity index is 1.81. The first kappa shape index (κ1) is 12.1.